The lowest BCUT2D eigenvalue weighted by atomic mass is 10.2. The SMILES string of the molecule is COCCNc1ccc(NS(=O)(=O)c2ccc(F)c(C)c2)nn1. The van der Waals surface area contributed by atoms with Crippen LogP contribution in [0.3, 0.4) is 0 Å². The van der Waals surface area contributed by atoms with E-state index in [1.54, 1.807) is 13.2 Å². The average molecular weight is 340 g/mol. The van der Waals surface area contributed by atoms with Crippen LogP contribution < -0.4 is 10.0 Å². The van der Waals surface area contributed by atoms with Gasteiger partial charge in [0.05, 0.1) is 11.5 Å². The highest BCUT2D eigenvalue weighted by Gasteiger charge is 2.16. The molecule has 0 unspecified atom stereocenters. The van der Waals surface area contributed by atoms with Gasteiger partial charge in [-0.3, -0.25) is 4.72 Å². The van der Waals surface area contributed by atoms with E-state index < -0.39 is 15.8 Å². The number of hydrogen-bond acceptors (Lipinski definition) is 6. The van der Waals surface area contributed by atoms with Crippen LogP contribution in [0.25, 0.3) is 0 Å². The number of sulfonamides is 1. The van der Waals surface area contributed by atoms with E-state index in [-0.39, 0.29) is 16.3 Å². The Morgan fingerprint density at radius 3 is 2.48 bits per heavy atom. The molecule has 2 aromatic rings. The van der Waals surface area contributed by atoms with Gasteiger partial charge in [0.1, 0.15) is 11.6 Å². The molecule has 0 radical (unpaired) electrons. The van der Waals surface area contributed by atoms with Crippen molar-refractivity contribution in [2.45, 2.75) is 11.8 Å². The summed E-state index contributed by atoms with van der Waals surface area (Å²) in [5.41, 5.74) is 0.247. The fraction of sp³-hybridized carbons (Fsp3) is 0.286. The summed E-state index contributed by atoms with van der Waals surface area (Å²) in [7, 11) is -2.26. The van der Waals surface area contributed by atoms with Crippen LogP contribution in [-0.4, -0.2) is 38.9 Å². The average Bonchev–Trinajstić information content (AvgIpc) is 2.51. The molecular weight excluding hydrogens is 323 g/mol. The van der Waals surface area contributed by atoms with Crippen molar-refractivity contribution in [1.82, 2.24) is 10.2 Å². The summed E-state index contributed by atoms with van der Waals surface area (Å²) in [6, 6.07) is 6.63. The van der Waals surface area contributed by atoms with E-state index in [4.69, 9.17) is 4.74 Å². The predicted molar refractivity (Wildman–Crippen MR) is 84.3 cm³/mol. The Kier molecular flexibility index (Phi) is 5.45. The second kappa shape index (κ2) is 7.34. The Balaban J connectivity index is 2.09. The monoisotopic (exact) mass is 340 g/mol. The lowest BCUT2D eigenvalue weighted by Crippen LogP contribution is -2.15. The molecule has 0 aliphatic carbocycles. The van der Waals surface area contributed by atoms with Gasteiger partial charge in [-0.2, -0.15) is 0 Å². The molecule has 0 bridgehead atoms. The molecule has 124 valence electrons. The Morgan fingerprint density at radius 1 is 1.17 bits per heavy atom. The van der Waals surface area contributed by atoms with E-state index in [9.17, 15) is 12.8 Å². The highest BCUT2D eigenvalue weighted by atomic mass is 32.2. The van der Waals surface area contributed by atoms with Gasteiger partial charge >= 0.3 is 0 Å². The molecule has 0 aliphatic rings. The molecule has 0 saturated carbocycles. The smallest absolute Gasteiger partial charge is 0.263 e. The predicted octanol–water partition coefficient (Wildman–Crippen LogP) is 1.78. The fourth-order valence-electron chi connectivity index (χ4n) is 1.74. The number of anilines is 2. The van der Waals surface area contributed by atoms with Gasteiger partial charge in [0.15, 0.2) is 5.82 Å². The first-order valence-corrected chi connectivity index (χ1v) is 8.26. The first-order valence-electron chi connectivity index (χ1n) is 6.78. The molecule has 0 amide bonds. The molecule has 0 spiro atoms. The molecule has 9 heteroatoms. The third kappa shape index (κ3) is 4.60. The zero-order valence-electron chi connectivity index (χ0n) is 12.7. The number of nitrogens with one attached hydrogen (secondary N) is 2. The van der Waals surface area contributed by atoms with Crippen molar-refractivity contribution in [3.63, 3.8) is 0 Å². The number of aromatic nitrogens is 2. The fourth-order valence-corrected chi connectivity index (χ4v) is 2.82. The summed E-state index contributed by atoms with van der Waals surface area (Å²) in [6.45, 7) is 2.57. The highest BCUT2D eigenvalue weighted by molar-refractivity contribution is 7.92. The van der Waals surface area contributed by atoms with Gasteiger partial charge in [-0.05, 0) is 42.8 Å². The Bertz CT molecular complexity index is 766. The molecule has 1 aromatic heterocycles. The van der Waals surface area contributed by atoms with Gasteiger partial charge in [0, 0.05) is 13.7 Å². The number of methoxy groups -OCH3 is 1. The number of aryl methyl sites for hydroxylation is 1. The lowest BCUT2D eigenvalue weighted by Gasteiger charge is -2.09. The van der Waals surface area contributed by atoms with Crippen molar-refractivity contribution >= 4 is 21.7 Å². The molecule has 23 heavy (non-hydrogen) atoms. The summed E-state index contributed by atoms with van der Waals surface area (Å²) in [5, 5.41) is 10.6. The standard InChI is InChI=1S/C14H17FN4O3S/c1-10-9-11(3-4-12(10)15)23(20,21)19-14-6-5-13(17-18-14)16-7-8-22-2/h3-6,9H,7-8H2,1-2H3,(H,16,17)(H,18,19). The van der Waals surface area contributed by atoms with E-state index in [1.807, 2.05) is 0 Å². The van der Waals surface area contributed by atoms with Crippen molar-refractivity contribution in [3.05, 3.63) is 41.7 Å². The summed E-state index contributed by atoms with van der Waals surface area (Å²) in [5.74, 6) is 0.113. The van der Waals surface area contributed by atoms with Gasteiger partial charge in [0.2, 0.25) is 0 Å². The quantitative estimate of drug-likeness (QED) is 0.747. The second-order valence-corrected chi connectivity index (χ2v) is 6.42. The summed E-state index contributed by atoms with van der Waals surface area (Å²) in [4.78, 5) is -0.0412. The molecule has 1 heterocycles. The molecule has 7 nitrogen and oxygen atoms in total. The number of ether oxygens (including phenoxy) is 1. The Morgan fingerprint density at radius 2 is 1.87 bits per heavy atom. The largest absolute Gasteiger partial charge is 0.383 e. The van der Waals surface area contributed by atoms with Crippen LogP contribution in [0.5, 0.6) is 0 Å². The number of hydrogen-bond donors (Lipinski definition) is 2. The minimum Gasteiger partial charge on any atom is -0.383 e. The Hall–Kier alpha value is -2.26. The maximum absolute atomic E-state index is 13.2. The van der Waals surface area contributed by atoms with Crippen LogP contribution in [0.4, 0.5) is 16.0 Å². The minimum atomic E-state index is -3.85. The van der Waals surface area contributed by atoms with Gasteiger partial charge in [-0.25, -0.2) is 12.8 Å². The van der Waals surface area contributed by atoms with Crippen molar-refractivity contribution < 1.29 is 17.5 Å². The number of halogens is 1. The van der Waals surface area contributed by atoms with E-state index in [2.05, 4.69) is 20.2 Å². The number of rotatable bonds is 7. The van der Waals surface area contributed by atoms with E-state index >= 15 is 0 Å². The van der Waals surface area contributed by atoms with Gasteiger partial charge in [-0.1, -0.05) is 0 Å². The van der Waals surface area contributed by atoms with Gasteiger partial charge in [0.25, 0.3) is 10.0 Å². The molecule has 0 saturated heterocycles. The van der Waals surface area contributed by atoms with Gasteiger partial charge < -0.3 is 10.1 Å². The zero-order chi connectivity index (χ0) is 16.9. The number of nitrogens with zero attached hydrogens (tertiary/aromatic N) is 2. The van der Waals surface area contributed by atoms with E-state index in [1.165, 1.54) is 25.1 Å². The van der Waals surface area contributed by atoms with Gasteiger partial charge in [-0.15, -0.1) is 10.2 Å². The maximum atomic E-state index is 13.2. The van der Waals surface area contributed by atoms with Crippen molar-refractivity contribution in [1.29, 1.82) is 0 Å². The van der Waals surface area contributed by atoms with Crippen molar-refractivity contribution in [3.8, 4) is 0 Å². The number of benzene rings is 1. The van der Waals surface area contributed by atoms with Crippen LogP contribution in [0, 0.1) is 12.7 Å². The Labute approximate surface area is 133 Å². The van der Waals surface area contributed by atoms with E-state index in [0.29, 0.717) is 19.0 Å². The molecular formula is C14H17FN4O3S. The highest BCUT2D eigenvalue weighted by Crippen LogP contribution is 2.17. The van der Waals surface area contributed by atoms with Crippen molar-refractivity contribution in [2.75, 3.05) is 30.3 Å². The topological polar surface area (TPSA) is 93.2 Å². The molecule has 2 N–H and O–H groups in total. The maximum Gasteiger partial charge on any atom is 0.263 e. The second-order valence-electron chi connectivity index (χ2n) is 4.74. The van der Waals surface area contributed by atoms with Crippen LogP contribution in [0.2, 0.25) is 0 Å². The van der Waals surface area contributed by atoms with Crippen molar-refractivity contribution in [2.24, 2.45) is 0 Å². The normalized spacial score (nSPS) is 11.3. The first-order chi connectivity index (χ1) is 10.9. The van der Waals surface area contributed by atoms with Crippen LogP contribution in [0.1, 0.15) is 5.56 Å². The lowest BCUT2D eigenvalue weighted by molar-refractivity contribution is 0.210. The molecule has 2 rings (SSSR count). The summed E-state index contributed by atoms with van der Waals surface area (Å²) in [6.07, 6.45) is 0. The minimum absolute atomic E-state index is 0.0412. The zero-order valence-corrected chi connectivity index (χ0v) is 13.5. The summed E-state index contributed by atoms with van der Waals surface area (Å²) < 4.78 is 44.9. The first kappa shape index (κ1) is 17.1. The molecule has 0 aliphatic heterocycles. The van der Waals surface area contributed by atoms with Crippen LogP contribution >= 0.6 is 0 Å². The summed E-state index contributed by atoms with van der Waals surface area (Å²) >= 11 is 0. The van der Waals surface area contributed by atoms with E-state index in [0.717, 1.165) is 6.07 Å². The third-order valence-electron chi connectivity index (χ3n) is 2.96. The molecule has 1 aromatic carbocycles. The molecule has 0 fully saturated rings. The third-order valence-corrected chi connectivity index (χ3v) is 4.31. The van der Waals surface area contributed by atoms with Crippen LogP contribution in [-0.2, 0) is 14.8 Å². The van der Waals surface area contributed by atoms with Crippen LogP contribution in [0.15, 0.2) is 35.2 Å². The molecule has 0 atom stereocenters.